The summed E-state index contributed by atoms with van der Waals surface area (Å²) >= 11 is 0. The predicted molar refractivity (Wildman–Crippen MR) is 63.4 cm³/mol. The van der Waals surface area contributed by atoms with E-state index in [0.29, 0.717) is 0 Å². The molecule has 0 amide bonds. The summed E-state index contributed by atoms with van der Waals surface area (Å²) in [6.07, 6.45) is 7.51. The van der Waals surface area contributed by atoms with Gasteiger partial charge in [0.05, 0.1) is 0 Å². The normalized spacial score (nSPS) is 27.9. The van der Waals surface area contributed by atoms with Crippen LogP contribution in [0.5, 0.6) is 0 Å². The summed E-state index contributed by atoms with van der Waals surface area (Å²) in [6, 6.07) is 0. The van der Waals surface area contributed by atoms with Gasteiger partial charge < -0.3 is 5.32 Å². The van der Waals surface area contributed by atoms with Crippen molar-refractivity contribution in [2.75, 3.05) is 6.54 Å². The summed E-state index contributed by atoms with van der Waals surface area (Å²) < 4.78 is 0. The molecule has 82 valence electrons. The number of hydrogen-bond acceptors (Lipinski definition) is 1. The molecule has 0 bridgehead atoms. The summed E-state index contributed by atoms with van der Waals surface area (Å²) in [5.41, 5.74) is 0.265. The standard InChI is InChI=1S/C13H25N/c1-5-7-11-8-6-9-12(11)10-14-13(2,3)4/h5,11-12,14H,1,6-10H2,2-4H3. The first-order chi connectivity index (χ1) is 6.53. The smallest absolute Gasteiger partial charge is 0.00966 e. The molecular formula is C13H25N. The van der Waals surface area contributed by atoms with Gasteiger partial charge in [0.25, 0.3) is 0 Å². The van der Waals surface area contributed by atoms with E-state index in [1.54, 1.807) is 0 Å². The molecule has 1 aliphatic rings. The Morgan fingerprint density at radius 2 is 1.93 bits per heavy atom. The Bertz CT molecular complexity index is 178. The first-order valence-electron chi connectivity index (χ1n) is 5.89. The molecule has 1 heteroatoms. The first kappa shape index (κ1) is 11.8. The quantitative estimate of drug-likeness (QED) is 0.678. The Kier molecular flexibility index (Phi) is 4.18. The summed E-state index contributed by atoms with van der Waals surface area (Å²) in [4.78, 5) is 0. The molecule has 2 unspecified atom stereocenters. The zero-order chi connectivity index (χ0) is 10.6. The van der Waals surface area contributed by atoms with Crippen molar-refractivity contribution >= 4 is 0 Å². The highest BCUT2D eigenvalue weighted by atomic mass is 14.9. The molecule has 0 aromatic carbocycles. The van der Waals surface area contributed by atoms with Crippen molar-refractivity contribution in [2.45, 2.75) is 52.0 Å². The van der Waals surface area contributed by atoms with Gasteiger partial charge in [0, 0.05) is 5.54 Å². The number of allylic oxidation sites excluding steroid dienone is 1. The maximum atomic E-state index is 3.85. The third-order valence-electron chi connectivity index (χ3n) is 3.18. The first-order valence-corrected chi connectivity index (χ1v) is 5.89. The second kappa shape index (κ2) is 4.97. The van der Waals surface area contributed by atoms with Crippen molar-refractivity contribution in [3.8, 4) is 0 Å². The monoisotopic (exact) mass is 195 g/mol. The van der Waals surface area contributed by atoms with Gasteiger partial charge in [-0.3, -0.25) is 0 Å². The van der Waals surface area contributed by atoms with Crippen LogP contribution >= 0.6 is 0 Å². The fraction of sp³-hybridized carbons (Fsp3) is 0.846. The van der Waals surface area contributed by atoms with E-state index in [1.807, 2.05) is 0 Å². The molecule has 1 saturated carbocycles. The zero-order valence-corrected chi connectivity index (χ0v) is 9.97. The van der Waals surface area contributed by atoms with E-state index in [9.17, 15) is 0 Å². The Hall–Kier alpha value is -0.300. The summed E-state index contributed by atoms with van der Waals surface area (Å²) in [6.45, 7) is 11.8. The van der Waals surface area contributed by atoms with Crippen molar-refractivity contribution in [3.05, 3.63) is 12.7 Å². The minimum atomic E-state index is 0.265. The summed E-state index contributed by atoms with van der Waals surface area (Å²) in [5, 5.41) is 3.62. The van der Waals surface area contributed by atoms with E-state index in [-0.39, 0.29) is 5.54 Å². The molecule has 0 heterocycles. The minimum absolute atomic E-state index is 0.265. The van der Waals surface area contributed by atoms with Crippen LogP contribution in [0, 0.1) is 11.8 Å². The van der Waals surface area contributed by atoms with Crippen LogP contribution in [0.15, 0.2) is 12.7 Å². The summed E-state index contributed by atoms with van der Waals surface area (Å²) in [7, 11) is 0. The van der Waals surface area contributed by atoms with Crippen LogP contribution in [-0.2, 0) is 0 Å². The average molecular weight is 195 g/mol. The van der Waals surface area contributed by atoms with Gasteiger partial charge in [0.15, 0.2) is 0 Å². The van der Waals surface area contributed by atoms with Gasteiger partial charge in [0.1, 0.15) is 0 Å². The largest absolute Gasteiger partial charge is 0.312 e. The van der Waals surface area contributed by atoms with Crippen LogP contribution in [0.4, 0.5) is 0 Å². The van der Waals surface area contributed by atoms with Crippen molar-refractivity contribution in [2.24, 2.45) is 11.8 Å². The molecule has 0 saturated heterocycles. The molecular weight excluding hydrogens is 170 g/mol. The second-order valence-corrected chi connectivity index (χ2v) is 5.61. The van der Waals surface area contributed by atoms with Crippen molar-refractivity contribution in [1.29, 1.82) is 0 Å². The van der Waals surface area contributed by atoms with Gasteiger partial charge in [0.2, 0.25) is 0 Å². The van der Waals surface area contributed by atoms with Crippen LogP contribution in [0.1, 0.15) is 46.5 Å². The lowest BCUT2D eigenvalue weighted by atomic mass is 9.92. The molecule has 0 spiro atoms. The van der Waals surface area contributed by atoms with Crippen LogP contribution in [0.25, 0.3) is 0 Å². The molecule has 14 heavy (non-hydrogen) atoms. The lowest BCUT2D eigenvalue weighted by Crippen LogP contribution is -2.39. The van der Waals surface area contributed by atoms with E-state index < -0.39 is 0 Å². The van der Waals surface area contributed by atoms with Crippen molar-refractivity contribution < 1.29 is 0 Å². The maximum Gasteiger partial charge on any atom is 0.00966 e. The van der Waals surface area contributed by atoms with Gasteiger partial charge in [-0.25, -0.2) is 0 Å². The molecule has 1 fully saturated rings. The predicted octanol–water partition coefficient (Wildman–Crippen LogP) is 3.37. The fourth-order valence-corrected chi connectivity index (χ4v) is 2.34. The lowest BCUT2D eigenvalue weighted by Gasteiger charge is -2.26. The Morgan fingerprint density at radius 1 is 1.29 bits per heavy atom. The molecule has 0 aromatic heterocycles. The third kappa shape index (κ3) is 3.83. The average Bonchev–Trinajstić information content (AvgIpc) is 2.48. The fourth-order valence-electron chi connectivity index (χ4n) is 2.34. The molecule has 1 rings (SSSR count). The Morgan fingerprint density at radius 3 is 2.50 bits per heavy atom. The topological polar surface area (TPSA) is 12.0 Å². The van der Waals surface area contributed by atoms with E-state index in [4.69, 9.17) is 0 Å². The molecule has 1 N–H and O–H groups in total. The Balaban J connectivity index is 2.32. The van der Waals surface area contributed by atoms with E-state index in [2.05, 4.69) is 38.7 Å². The molecule has 2 atom stereocenters. The molecule has 1 aliphatic carbocycles. The number of nitrogens with one attached hydrogen (secondary N) is 1. The second-order valence-electron chi connectivity index (χ2n) is 5.61. The van der Waals surface area contributed by atoms with Gasteiger partial charge in [-0.2, -0.15) is 0 Å². The number of hydrogen-bond donors (Lipinski definition) is 1. The third-order valence-corrected chi connectivity index (χ3v) is 3.18. The maximum absolute atomic E-state index is 3.85. The van der Waals surface area contributed by atoms with Crippen molar-refractivity contribution in [3.63, 3.8) is 0 Å². The van der Waals surface area contributed by atoms with Crippen LogP contribution in [-0.4, -0.2) is 12.1 Å². The summed E-state index contributed by atoms with van der Waals surface area (Å²) in [5.74, 6) is 1.77. The van der Waals surface area contributed by atoms with Gasteiger partial charge in [-0.1, -0.05) is 12.5 Å². The number of rotatable bonds is 4. The Labute approximate surface area is 89.0 Å². The van der Waals surface area contributed by atoms with E-state index in [1.165, 1.54) is 32.2 Å². The molecule has 0 radical (unpaired) electrons. The molecule has 1 nitrogen and oxygen atoms in total. The van der Waals surface area contributed by atoms with Gasteiger partial charge >= 0.3 is 0 Å². The lowest BCUT2D eigenvalue weighted by molar-refractivity contribution is 0.320. The highest BCUT2D eigenvalue weighted by Gasteiger charge is 2.26. The highest BCUT2D eigenvalue weighted by molar-refractivity contribution is 4.85. The van der Waals surface area contributed by atoms with Gasteiger partial charge in [-0.05, 0) is 58.4 Å². The SMILES string of the molecule is C=CCC1CCCC1CNC(C)(C)C. The van der Waals surface area contributed by atoms with Crippen LogP contribution < -0.4 is 5.32 Å². The minimum Gasteiger partial charge on any atom is -0.312 e. The zero-order valence-electron chi connectivity index (χ0n) is 9.97. The van der Waals surface area contributed by atoms with Crippen molar-refractivity contribution in [1.82, 2.24) is 5.32 Å². The molecule has 0 aromatic rings. The van der Waals surface area contributed by atoms with Crippen LogP contribution in [0.3, 0.4) is 0 Å². The van der Waals surface area contributed by atoms with Gasteiger partial charge in [-0.15, -0.1) is 6.58 Å². The van der Waals surface area contributed by atoms with E-state index >= 15 is 0 Å². The molecule has 0 aliphatic heterocycles. The highest BCUT2D eigenvalue weighted by Crippen LogP contribution is 2.34. The van der Waals surface area contributed by atoms with E-state index in [0.717, 1.165) is 11.8 Å². The van der Waals surface area contributed by atoms with Crippen LogP contribution in [0.2, 0.25) is 0 Å².